The van der Waals surface area contributed by atoms with Gasteiger partial charge in [0.05, 0.1) is 0 Å². The van der Waals surface area contributed by atoms with Crippen LogP contribution in [-0.2, 0) is 4.79 Å². The van der Waals surface area contributed by atoms with Gasteiger partial charge < -0.3 is 10.6 Å². The summed E-state index contributed by atoms with van der Waals surface area (Å²) in [5, 5.41) is 6.06. The van der Waals surface area contributed by atoms with Crippen LogP contribution in [0.2, 0.25) is 0 Å². The van der Waals surface area contributed by atoms with Gasteiger partial charge in [-0.15, -0.1) is 0 Å². The molecule has 0 aromatic rings. The molecule has 0 aromatic carbocycles. The summed E-state index contributed by atoms with van der Waals surface area (Å²) >= 11 is 0. The van der Waals surface area contributed by atoms with Crippen molar-refractivity contribution in [2.24, 2.45) is 0 Å². The highest BCUT2D eigenvalue weighted by molar-refractivity contribution is 5.75. The van der Waals surface area contributed by atoms with Crippen molar-refractivity contribution in [1.82, 2.24) is 15.5 Å². The van der Waals surface area contributed by atoms with Gasteiger partial charge in [-0.25, -0.2) is 0 Å². The molecule has 4 nitrogen and oxygen atoms in total. The van der Waals surface area contributed by atoms with E-state index in [1.165, 1.54) is 13.0 Å². The molecule has 4 heteroatoms. The molecule has 1 heterocycles. The van der Waals surface area contributed by atoms with Gasteiger partial charge in [0.25, 0.3) is 0 Å². The Morgan fingerprint density at radius 2 is 2.27 bits per heavy atom. The predicted molar refractivity (Wildman–Crippen MR) is 61.8 cm³/mol. The quantitative estimate of drug-likeness (QED) is 0.685. The van der Waals surface area contributed by atoms with Crippen molar-refractivity contribution in [2.75, 3.05) is 26.7 Å². The molecule has 0 aromatic heterocycles. The molecule has 1 saturated heterocycles. The van der Waals surface area contributed by atoms with Crippen molar-refractivity contribution in [3.63, 3.8) is 0 Å². The first kappa shape index (κ1) is 12.5. The van der Waals surface area contributed by atoms with Crippen LogP contribution in [0.5, 0.6) is 0 Å². The van der Waals surface area contributed by atoms with Crippen LogP contribution in [-0.4, -0.2) is 49.6 Å². The maximum atomic E-state index is 11.0. The van der Waals surface area contributed by atoms with Crippen LogP contribution >= 0.6 is 0 Å². The Labute approximate surface area is 92.4 Å². The van der Waals surface area contributed by atoms with Crippen LogP contribution in [0.3, 0.4) is 0 Å². The number of hydrogen-bond donors (Lipinski definition) is 2. The Hall–Kier alpha value is -0.610. The maximum Gasteiger partial charge on any atom is 0.221 e. The summed E-state index contributed by atoms with van der Waals surface area (Å²) in [6, 6.07) is 1.20. The third-order valence-electron chi connectivity index (χ3n) is 3.01. The van der Waals surface area contributed by atoms with Crippen molar-refractivity contribution < 1.29 is 4.79 Å². The van der Waals surface area contributed by atoms with Crippen LogP contribution in [0.4, 0.5) is 0 Å². The summed E-state index contributed by atoms with van der Waals surface area (Å²) in [6.07, 6.45) is 1.78. The minimum Gasteiger partial charge on any atom is -0.359 e. The van der Waals surface area contributed by atoms with Crippen LogP contribution in [0.25, 0.3) is 0 Å². The van der Waals surface area contributed by atoms with Gasteiger partial charge in [-0.2, -0.15) is 0 Å². The van der Waals surface area contributed by atoms with Gasteiger partial charge in [0.15, 0.2) is 0 Å². The molecule has 1 rings (SSSR count). The molecular formula is C11H23N3O. The second kappa shape index (κ2) is 6.08. The van der Waals surface area contributed by atoms with Crippen LogP contribution in [0, 0.1) is 0 Å². The average Bonchev–Trinajstić information content (AvgIpc) is 2.66. The molecule has 1 unspecified atom stereocenters. The molecule has 1 aliphatic rings. The van der Waals surface area contributed by atoms with E-state index >= 15 is 0 Å². The Balaban J connectivity index is 2.11. The van der Waals surface area contributed by atoms with Crippen molar-refractivity contribution in [3.05, 3.63) is 0 Å². The highest BCUT2D eigenvalue weighted by Gasteiger charge is 2.23. The summed E-state index contributed by atoms with van der Waals surface area (Å²) in [7, 11) is 1.68. The first-order chi connectivity index (χ1) is 7.13. The number of hydrogen-bond acceptors (Lipinski definition) is 3. The Kier molecular flexibility index (Phi) is 5.05. The number of nitrogens with one attached hydrogen (secondary N) is 2. The van der Waals surface area contributed by atoms with E-state index in [1.54, 1.807) is 7.05 Å². The van der Waals surface area contributed by atoms with Crippen LogP contribution < -0.4 is 10.6 Å². The lowest BCUT2D eigenvalue weighted by Crippen LogP contribution is -2.36. The van der Waals surface area contributed by atoms with Crippen LogP contribution in [0.15, 0.2) is 0 Å². The molecule has 88 valence electrons. The molecule has 0 saturated carbocycles. The van der Waals surface area contributed by atoms with Crippen molar-refractivity contribution in [2.45, 2.75) is 38.8 Å². The molecule has 0 radical (unpaired) electrons. The van der Waals surface area contributed by atoms with Crippen molar-refractivity contribution >= 4 is 5.91 Å². The standard InChI is InChI=1S/C11H23N3O/c1-9(2)14-7-5-10(8-14)13-6-4-11(15)12-3/h9-10,13H,4-8H2,1-3H3,(H,12,15). The molecule has 15 heavy (non-hydrogen) atoms. The zero-order valence-corrected chi connectivity index (χ0v) is 10.0. The number of carbonyl (C=O) groups excluding carboxylic acids is 1. The van der Waals surface area contributed by atoms with E-state index in [9.17, 15) is 4.79 Å². The normalized spacial score (nSPS) is 22.3. The summed E-state index contributed by atoms with van der Waals surface area (Å²) in [5.41, 5.74) is 0. The molecule has 0 spiro atoms. The second-order valence-corrected chi connectivity index (χ2v) is 4.45. The summed E-state index contributed by atoms with van der Waals surface area (Å²) in [4.78, 5) is 13.5. The van der Waals surface area contributed by atoms with Gasteiger partial charge in [-0.1, -0.05) is 0 Å². The first-order valence-electron chi connectivity index (χ1n) is 5.81. The topological polar surface area (TPSA) is 44.4 Å². The lowest BCUT2D eigenvalue weighted by atomic mass is 10.2. The number of amides is 1. The number of rotatable bonds is 5. The maximum absolute atomic E-state index is 11.0. The molecular weight excluding hydrogens is 190 g/mol. The SMILES string of the molecule is CNC(=O)CCNC1CCN(C(C)C)C1. The van der Waals surface area contributed by atoms with E-state index < -0.39 is 0 Å². The van der Waals surface area contributed by atoms with E-state index in [-0.39, 0.29) is 5.91 Å². The number of carbonyl (C=O) groups is 1. The molecule has 1 fully saturated rings. The highest BCUT2D eigenvalue weighted by Crippen LogP contribution is 2.11. The molecule has 0 bridgehead atoms. The fourth-order valence-corrected chi connectivity index (χ4v) is 1.94. The van der Waals surface area contributed by atoms with Gasteiger partial charge in [-0.3, -0.25) is 9.69 Å². The summed E-state index contributed by atoms with van der Waals surface area (Å²) in [6.45, 7) is 7.54. The van der Waals surface area contributed by atoms with E-state index in [2.05, 4.69) is 29.4 Å². The van der Waals surface area contributed by atoms with Gasteiger partial charge in [0.2, 0.25) is 5.91 Å². The zero-order valence-electron chi connectivity index (χ0n) is 10.0. The Morgan fingerprint density at radius 1 is 1.53 bits per heavy atom. The monoisotopic (exact) mass is 213 g/mol. The number of nitrogens with zero attached hydrogens (tertiary/aromatic N) is 1. The van der Waals surface area contributed by atoms with Gasteiger partial charge in [0, 0.05) is 38.6 Å². The Morgan fingerprint density at radius 3 is 2.80 bits per heavy atom. The van der Waals surface area contributed by atoms with Crippen molar-refractivity contribution in [1.29, 1.82) is 0 Å². The molecule has 2 N–H and O–H groups in total. The van der Waals surface area contributed by atoms with E-state index in [0.717, 1.165) is 13.1 Å². The largest absolute Gasteiger partial charge is 0.359 e. The average molecular weight is 213 g/mol. The highest BCUT2D eigenvalue weighted by atomic mass is 16.1. The number of likely N-dealkylation sites (tertiary alicyclic amines) is 1. The molecule has 1 aliphatic heterocycles. The summed E-state index contributed by atoms with van der Waals surface area (Å²) < 4.78 is 0. The second-order valence-electron chi connectivity index (χ2n) is 4.45. The van der Waals surface area contributed by atoms with E-state index in [4.69, 9.17) is 0 Å². The smallest absolute Gasteiger partial charge is 0.221 e. The zero-order chi connectivity index (χ0) is 11.3. The molecule has 0 aliphatic carbocycles. The van der Waals surface area contributed by atoms with E-state index in [0.29, 0.717) is 18.5 Å². The van der Waals surface area contributed by atoms with Gasteiger partial charge >= 0.3 is 0 Å². The third-order valence-corrected chi connectivity index (χ3v) is 3.01. The lowest BCUT2D eigenvalue weighted by Gasteiger charge is -2.20. The third kappa shape index (κ3) is 4.18. The minimum atomic E-state index is 0.112. The predicted octanol–water partition coefficient (Wildman–Crippen LogP) is 0.195. The molecule has 1 atom stereocenters. The fourth-order valence-electron chi connectivity index (χ4n) is 1.94. The Bertz CT molecular complexity index is 206. The lowest BCUT2D eigenvalue weighted by molar-refractivity contribution is -0.120. The fraction of sp³-hybridized carbons (Fsp3) is 0.909. The van der Waals surface area contributed by atoms with Gasteiger partial charge in [0.1, 0.15) is 0 Å². The summed E-state index contributed by atoms with van der Waals surface area (Å²) in [5.74, 6) is 0.112. The minimum absolute atomic E-state index is 0.112. The first-order valence-corrected chi connectivity index (χ1v) is 5.81. The van der Waals surface area contributed by atoms with Gasteiger partial charge in [-0.05, 0) is 26.8 Å². The van der Waals surface area contributed by atoms with Crippen molar-refractivity contribution in [3.8, 4) is 0 Å². The van der Waals surface area contributed by atoms with E-state index in [1.807, 2.05) is 0 Å². The van der Waals surface area contributed by atoms with Crippen LogP contribution in [0.1, 0.15) is 26.7 Å². The molecule has 1 amide bonds.